The lowest BCUT2D eigenvalue weighted by atomic mass is 9.86. The minimum Gasteiger partial charge on any atom is -0.367 e. The van der Waals surface area contributed by atoms with E-state index < -0.39 is 0 Å². The number of nitrogens with zero attached hydrogens (tertiary/aromatic N) is 3. The number of carbonyl (C=O) groups is 1. The molecule has 1 heterocycles. The Morgan fingerprint density at radius 2 is 1.82 bits per heavy atom. The molecule has 2 N–H and O–H groups in total. The first-order chi connectivity index (χ1) is 13.4. The lowest BCUT2D eigenvalue weighted by molar-refractivity contribution is 0.0943. The van der Waals surface area contributed by atoms with E-state index in [4.69, 9.17) is 11.6 Å². The first-order valence-electron chi connectivity index (χ1n) is 9.74. The minimum atomic E-state index is -0.0374. The third kappa shape index (κ3) is 5.58. The lowest BCUT2D eigenvalue weighted by Crippen LogP contribution is -2.34. The summed E-state index contributed by atoms with van der Waals surface area (Å²) in [4.78, 5) is 23.2. The lowest BCUT2D eigenvalue weighted by Gasteiger charge is -2.29. The monoisotopic (exact) mass is 401 g/mol. The van der Waals surface area contributed by atoms with Crippen molar-refractivity contribution in [1.82, 2.24) is 15.3 Å². The number of rotatable bonds is 6. The molecule has 0 spiro atoms. The Balaban J connectivity index is 1.46. The normalized spacial score (nSPS) is 19.1. The summed E-state index contributed by atoms with van der Waals surface area (Å²) < 4.78 is 0. The van der Waals surface area contributed by atoms with Crippen LogP contribution in [0.5, 0.6) is 0 Å². The zero-order chi connectivity index (χ0) is 20.1. The molecule has 1 fully saturated rings. The Bertz CT molecular complexity index is 801. The van der Waals surface area contributed by atoms with Crippen molar-refractivity contribution in [2.24, 2.45) is 5.92 Å². The molecule has 0 aliphatic heterocycles. The number of nitrogens with one attached hydrogen (secondary N) is 2. The van der Waals surface area contributed by atoms with Gasteiger partial charge in [-0.25, -0.2) is 9.97 Å². The number of amides is 1. The number of halogens is 1. The maximum Gasteiger partial charge on any atom is 0.251 e. The Hall–Kier alpha value is -2.34. The van der Waals surface area contributed by atoms with Crippen LogP contribution in [0.25, 0.3) is 0 Å². The van der Waals surface area contributed by atoms with Crippen LogP contribution in [0.4, 0.5) is 11.6 Å². The quantitative estimate of drug-likeness (QED) is 0.768. The third-order valence-corrected chi connectivity index (χ3v) is 5.39. The Kier molecular flexibility index (Phi) is 6.73. The van der Waals surface area contributed by atoms with Crippen LogP contribution in [-0.2, 0) is 0 Å². The number of benzene rings is 1. The highest BCUT2D eigenvalue weighted by Gasteiger charge is 2.22. The van der Waals surface area contributed by atoms with Gasteiger partial charge in [0.1, 0.15) is 17.5 Å². The summed E-state index contributed by atoms with van der Waals surface area (Å²) in [5.74, 6) is 3.04. The van der Waals surface area contributed by atoms with E-state index in [0.29, 0.717) is 29.1 Å². The molecule has 7 heteroatoms. The SMILES string of the molecule is Cc1nc(NC2CCC(CNC(=O)c3ccc(Cl)cc3)CC2)cc(N(C)C)n1. The highest BCUT2D eigenvalue weighted by atomic mass is 35.5. The average molecular weight is 402 g/mol. The number of carbonyl (C=O) groups excluding carboxylic acids is 1. The molecular formula is C21H28ClN5O. The smallest absolute Gasteiger partial charge is 0.251 e. The Morgan fingerprint density at radius 3 is 2.46 bits per heavy atom. The molecule has 6 nitrogen and oxygen atoms in total. The van der Waals surface area contributed by atoms with E-state index in [1.54, 1.807) is 24.3 Å². The third-order valence-electron chi connectivity index (χ3n) is 5.14. The molecule has 0 saturated heterocycles. The van der Waals surface area contributed by atoms with Crippen molar-refractivity contribution in [3.63, 3.8) is 0 Å². The fraction of sp³-hybridized carbons (Fsp3) is 0.476. The predicted molar refractivity (Wildman–Crippen MR) is 114 cm³/mol. The van der Waals surface area contributed by atoms with E-state index >= 15 is 0 Å². The van der Waals surface area contributed by atoms with Crippen molar-refractivity contribution >= 4 is 29.1 Å². The second-order valence-corrected chi connectivity index (χ2v) is 8.07. The van der Waals surface area contributed by atoms with Crippen LogP contribution >= 0.6 is 11.6 Å². The minimum absolute atomic E-state index is 0.0374. The van der Waals surface area contributed by atoms with Crippen LogP contribution < -0.4 is 15.5 Å². The first-order valence-corrected chi connectivity index (χ1v) is 10.1. The molecule has 0 unspecified atom stereocenters. The Labute approximate surface area is 171 Å². The average Bonchev–Trinajstić information content (AvgIpc) is 2.67. The summed E-state index contributed by atoms with van der Waals surface area (Å²) >= 11 is 5.87. The van der Waals surface area contributed by atoms with Crippen molar-refractivity contribution in [2.45, 2.75) is 38.6 Å². The highest BCUT2D eigenvalue weighted by Crippen LogP contribution is 2.26. The van der Waals surface area contributed by atoms with Crippen molar-refractivity contribution < 1.29 is 4.79 Å². The summed E-state index contributed by atoms with van der Waals surface area (Å²) in [5, 5.41) is 7.25. The van der Waals surface area contributed by atoms with Gasteiger partial charge in [0.25, 0.3) is 5.91 Å². The molecule has 150 valence electrons. The molecule has 28 heavy (non-hydrogen) atoms. The van der Waals surface area contributed by atoms with Crippen LogP contribution in [0.2, 0.25) is 5.02 Å². The largest absolute Gasteiger partial charge is 0.367 e. The fourth-order valence-electron chi connectivity index (χ4n) is 3.52. The van der Waals surface area contributed by atoms with Gasteiger partial charge < -0.3 is 15.5 Å². The van der Waals surface area contributed by atoms with Crippen LogP contribution in [0.3, 0.4) is 0 Å². The van der Waals surface area contributed by atoms with Crippen molar-refractivity contribution in [3.05, 3.63) is 46.7 Å². The highest BCUT2D eigenvalue weighted by molar-refractivity contribution is 6.30. The second-order valence-electron chi connectivity index (χ2n) is 7.63. The summed E-state index contributed by atoms with van der Waals surface area (Å²) in [6, 6.07) is 9.39. The molecule has 1 aromatic heterocycles. The van der Waals surface area contributed by atoms with Gasteiger partial charge in [0.15, 0.2) is 0 Å². The number of aryl methyl sites for hydroxylation is 1. The number of hydrogen-bond acceptors (Lipinski definition) is 5. The number of aromatic nitrogens is 2. The van der Waals surface area contributed by atoms with Gasteiger partial charge >= 0.3 is 0 Å². The van der Waals surface area contributed by atoms with Gasteiger partial charge in [-0.2, -0.15) is 0 Å². The van der Waals surface area contributed by atoms with E-state index in [1.165, 1.54) is 0 Å². The van der Waals surface area contributed by atoms with Crippen molar-refractivity contribution in [1.29, 1.82) is 0 Å². The second kappa shape index (κ2) is 9.24. The van der Waals surface area contributed by atoms with Gasteiger partial charge in [0, 0.05) is 43.3 Å². The molecule has 0 bridgehead atoms. The molecule has 1 aliphatic carbocycles. The van der Waals surface area contributed by atoms with E-state index in [1.807, 2.05) is 32.0 Å². The van der Waals surface area contributed by atoms with Crippen LogP contribution in [-0.4, -0.2) is 42.6 Å². The molecular weight excluding hydrogens is 374 g/mol. The molecule has 1 aromatic carbocycles. The van der Waals surface area contributed by atoms with E-state index in [9.17, 15) is 4.79 Å². The first kappa shape index (κ1) is 20.4. The van der Waals surface area contributed by atoms with Gasteiger partial charge in [-0.1, -0.05) is 11.6 Å². The number of hydrogen-bond donors (Lipinski definition) is 2. The van der Waals surface area contributed by atoms with Crippen LogP contribution in [0.1, 0.15) is 41.9 Å². The van der Waals surface area contributed by atoms with E-state index in [0.717, 1.165) is 43.1 Å². The molecule has 1 saturated carbocycles. The standard InChI is InChI=1S/C21H28ClN5O/c1-14-24-19(12-20(25-14)27(2)3)26-18-10-4-15(5-11-18)13-23-21(28)16-6-8-17(22)9-7-16/h6-9,12,15,18H,4-5,10-11,13H2,1-3H3,(H,23,28)(H,24,25,26). The Morgan fingerprint density at radius 1 is 1.14 bits per heavy atom. The van der Waals surface area contributed by atoms with Crippen LogP contribution in [0.15, 0.2) is 30.3 Å². The molecule has 1 amide bonds. The van der Waals surface area contributed by atoms with Gasteiger partial charge in [0.05, 0.1) is 0 Å². The molecule has 3 rings (SSSR count). The summed E-state index contributed by atoms with van der Waals surface area (Å²) in [6.45, 7) is 2.63. The van der Waals surface area contributed by atoms with Gasteiger partial charge in [-0.05, 0) is 62.8 Å². The van der Waals surface area contributed by atoms with Gasteiger partial charge in [0.2, 0.25) is 0 Å². The maximum absolute atomic E-state index is 12.2. The molecule has 2 aromatic rings. The predicted octanol–water partition coefficient (Wildman–Crippen LogP) is 3.91. The molecule has 0 radical (unpaired) electrons. The summed E-state index contributed by atoms with van der Waals surface area (Å²) in [5.41, 5.74) is 0.649. The maximum atomic E-state index is 12.2. The van der Waals surface area contributed by atoms with E-state index in [-0.39, 0.29) is 5.91 Å². The fourth-order valence-corrected chi connectivity index (χ4v) is 3.64. The van der Waals surface area contributed by atoms with Crippen molar-refractivity contribution in [2.75, 3.05) is 30.9 Å². The van der Waals surface area contributed by atoms with Gasteiger partial charge in [-0.3, -0.25) is 4.79 Å². The summed E-state index contributed by atoms with van der Waals surface area (Å²) in [7, 11) is 3.96. The van der Waals surface area contributed by atoms with Crippen molar-refractivity contribution in [3.8, 4) is 0 Å². The van der Waals surface area contributed by atoms with Gasteiger partial charge in [-0.15, -0.1) is 0 Å². The van der Waals surface area contributed by atoms with Crippen LogP contribution in [0, 0.1) is 12.8 Å². The zero-order valence-electron chi connectivity index (χ0n) is 16.7. The topological polar surface area (TPSA) is 70.2 Å². The summed E-state index contributed by atoms with van der Waals surface area (Å²) in [6.07, 6.45) is 4.32. The molecule has 0 atom stereocenters. The molecule has 1 aliphatic rings. The zero-order valence-corrected chi connectivity index (χ0v) is 17.5. The van der Waals surface area contributed by atoms with E-state index in [2.05, 4.69) is 20.6 Å². The number of anilines is 2.